The Bertz CT molecular complexity index is 955. The minimum atomic E-state index is -0.405. The van der Waals surface area contributed by atoms with Crippen LogP contribution in [0.15, 0.2) is 29.1 Å². The lowest BCUT2D eigenvalue weighted by Gasteiger charge is -2.02. The number of nitrogens with zero attached hydrogens (tertiary/aromatic N) is 1. The number of hydrogen-bond donors (Lipinski definition) is 1. The summed E-state index contributed by atoms with van der Waals surface area (Å²) in [6.45, 7) is 5.84. The number of thiophene rings is 1. The summed E-state index contributed by atoms with van der Waals surface area (Å²) in [7, 11) is 0. The molecule has 0 amide bonds. The lowest BCUT2D eigenvalue weighted by atomic mass is 10.1. The minimum Gasteiger partial charge on any atom is -0.462 e. The van der Waals surface area contributed by atoms with Crippen molar-refractivity contribution >= 4 is 27.5 Å². The van der Waals surface area contributed by atoms with Crippen LogP contribution >= 0.6 is 11.3 Å². The van der Waals surface area contributed by atoms with E-state index in [4.69, 9.17) is 4.74 Å². The molecule has 0 unspecified atom stereocenters. The second-order valence-electron chi connectivity index (χ2n) is 5.63. The quantitative estimate of drug-likeness (QED) is 0.738. The van der Waals surface area contributed by atoms with Crippen LogP contribution in [0.5, 0.6) is 0 Å². The summed E-state index contributed by atoms with van der Waals surface area (Å²) in [6.07, 6.45) is 0.539. The van der Waals surface area contributed by atoms with Crippen LogP contribution in [-0.2, 0) is 11.2 Å². The Kier molecular flexibility index (Phi) is 4.49. The summed E-state index contributed by atoms with van der Waals surface area (Å²) in [5.41, 5.74) is 2.67. The third kappa shape index (κ3) is 3.10. The first-order valence-corrected chi connectivity index (χ1v) is 8.56. The second kappa shape index (κ2) is 6.57. The average molecular weight is 342 g/mol. The fourth-order valence-electron chi connectivity index (χ4n) is 2.56. The van der Waals surface area contributed by atoms with Crippen molar-refractivity contribution in [3.05, 3.63) is 62.0 Å². The van der Waals surface area contributed by atoms with Crippen molar-refractivity contribution in [1.29, 1.82) is 0 Å². The van der Waals surface area contributed by atoms with Crippen LogP contribution in [0.1, 0.15) is 39.1 Å². The van der Waals surface area contributed by atoms with Crippen molar-refractivity contribution in [3.8, 4) is 0 Å². The highest BCUT2D eigenvalue weighted by Gasteiger charge is 2.20. The number of nitrogens with one attached hydrogen (secondary N) is 1. The van der Waals surface area contributed by atoms with E-state index in [9.17, 15) is 9.59 Å². The van der Waals surface area contributed by atoms with Gasteiger partial charge in [-0.2, -0.15) is 0 Å². The van der Waals surface area contributed by atoms with E-state index in [1.807, 2.05) is 31.2 Å². The summed E-state index contributed by atoms with van der Waals surface area (Å²) in [5.74, 6) is 0.186. The number of rotatable bonds is 4. The van der Waals surface area contributed by atoms with E-state index in [1.54, 1.807) is 13.8 Å². The molecule has 0 atom stereocenters. The van der Waals surface area contributed by atoms with E-state index in [2.05, 4.69) is 9.97 Å². The molecule has 0 fully saturated rings. The monoisotopic (exact) mass is 342 g/mol. The van der Waals surface area contributed by atoms with E-state index in [0.29, 0.717) is 39.5 Å². The standard InChI is InChI=1S/C18H18N2O3S/c1-4-23-18(22)15-11(3)14-16(21)19-13(20-17(14)24-15)9-12-7-5-10(2)6-8-12/h5-8H,4,9H2,1-3H3,(H,19,20,21). The zero-order valence-corrected chi connectivity index (χ0v) is 14.6. The van der Waals surface area contributed by atoms with Crippen LogP contribution in [0.3, 0.4) is 0 Å². The second-order valence-corrected chi connectivity index (χ2v) is 6.63. The molecule has 1 N–H and O–H groups in total. The predicted molar refractivity (Wildman–Crippen MR) is 94.9 cm³/mol. The number of aromatic nitrogens is 2. The van der Waals surface area contributed by atoms with Gasteiger partial charge in [-0.25, -0.2) is 9.78 Å². The topological polar surface area (TPSA) is 72.0 Å². The number of fused-ring (bicyclic) bond motifs is 1. The summed E-state index contributed by atoms with van der Waals surface area (Å²) in [4.78, 5) is 32.8. The minimum absolute atomic E-state index is 0.216. The molecule has 0 aliphatic carbocycles. The molecule has 0 bridgehead atoms. The van der Waals surface area contributed by atoms with Crippen molar-refractivity contribution in [2.75, 3.05) is 6.61 Å². The third-order valence-electron chi connectivity index (χ3n) is 3.80. The number of H-pyrrole nitrogens is 1. The van der Waals surface area contributed by atoms with Crippen molar-refractivity contribution in [2.24, 2.45) is 0 Å². The molecule has 0 aliphatic rings. The van der Waals surface area contributed by atoms with Crippen molar-refractivity contribution < 1.29 is 9.53 Å². The molecule has 3 aromatic rings. The zero-order chi connectivity index (χ0) is 17.3. The van der Waals surface area contributed by atoms with Gasteiger partial charge in [-0.15, -0.1) is 11.3 Å². The molecule has 124 valence electrons. The van der Waals surface area contributed by atoms with E-state index in [1.165, 1.54) is 16.9 Å². The van der Waals surface area contributed by atoms with Gasteiger partial charge in [0.05, 0.1) is 12.0 Å². The molecule has 5 nitrogen and oxygen atoms in total. The summed E-state index contributed by atoms with van der Waals surface area (Å²) in [6, 6.07) is 8.09. The average Bonchev–Trinajstić information content (AvgIpc) is 2.87. The number of carbonyl (C=O) groups excluding carboxylic acids is 1. The van der Waals surface area contributed by atoms with Gasteiger partial charge in [0.2, 0.25) is 0 Å². The summed E-state index contributed by atoms with van der Waals surface area (Å²) >= 11 is 1.21. The molecule has 0 saturated heterocycles. The highest BCUT2D eigenvalue weighted by molar-refractivity contribution is 7.20. The van der Waals surface area contributed by atoms with Gasteiger partial charge >= 0.3 is 5.97 Å². The first-order chi connectivity index (χ1) is 11.5. The molecular weight excluding hydrogens is 324 g/mol. The number of esters is 1. The van der Waals surface area contributed by atoms with E-state index in [0.717, 1.165) is 5.56 Å². The Hall–Kier alpha value is -2.47. The highest BCUT2D eigenvalue weighted by Crippen LogP contribution is 2.27. The fourth-order valence-corrected chi connectivity index (χ4v) is 3.66. The SMILES string of the molecule is CCOC(=O)c1sc2nc(Cc3ccc(C)cc3)[nH]c(=O)c2c1C. The Morgan fingerprint density at radius 2 is 1.96 bits per heavy atom. The summed E-state index contributed by atoms with van der Waals surface area (Å²) in [5, 5.41) is 0.468. The number of aromatic amines is 1. The molecule has 0 radical (unpaired) electrons. The van der Waals surface area contributed by atoms with Gasteiger partial charge < -0.3 is 9.72 Å². The van der Waals surface area contributed by atoms with E-state index < -0.39 is 5.97 Å². The molecule has 24 heavy (non-hydrogen) atoms. The summed E-state index contributed by atoms with van der Waals surface area (Å²) < 4.78 is 5.05. The Morgan fingerprint density at radius 1 is 1.25 bits per heavy atom. The van der Waals surface area contributed by atoms with Crippen LogP contribution in [0.25, 0.3) is 10.2 Å². The molecule has 2 aromatic heterocycles. The lowest BCUT2D eigenvalue weighted by molar-refractivity contribution is 0.0531. The smallest absolute Gasteiger partial charge is 0.348 e. The van der Waals surface area contributed by atoms with Crippen LogP contribution in [0.4, 0.5) is 0 Å². The van der Waals surface area contributed by atoms with Crippen molar-refractivity contribution in [1.82, 2.24) is 9.97 Å². The zero-order valence-electron chi connectivity index (χ0n) is 13.8. The normalized spacial score (nSPS) is 11.0. The molecule has 1 aromatic carbocycles. The van der Waals surface area contributed by atoms with Gasteiger partial charge in [0, 0.05) is 6.42 Å². The Labute approximate surface area is 143 Å². The molecule has 0 saturated carbocycles. The number of aryl methyl sites for hydroxylation is 2. The van der Waals surface area contributed by atoms with E-state index in [-0.39, 0.29) is 5.56 Å². The van der Waals surface area contributed by atoms with Crippen LogP contribution in [0.2, 0.25) is 0 Å². The molecule has 6 heteroatoms. The largest absolute Gasteiger partial charge is 0.462 e. The van der Waals surface area contributed by atoms with Gasteiger partial charge in [-0.1, -0.05) is 29.8 Å². The molecule has 0 aliphatic heterocycles. The Morgan fingerprint density at radius 3 is 2.62 bits per heavy atom. The molecule has 3 rings (SSSR count). The first-order valence-electron chi connectivity index (χ1n) is 7.74. The molecular formula is C18H18N2O3S. The maximum atomic E-state index is 12.4. The highest BCUT2D eigenvalue weighted by atomic mass is 32.1. The maximum Gasteiger partial charge on any atom is 0.348 e. The van der Waals surface area contributed by atoms with Gasteiger partial charge in [-0.05, 0) is 31.9 Å². The van der Waals surface area contributed by atoms with Gasteiger partial charge in [-0.3, -0.25) is 4.79 Å². The Balaban J connectivity index is 2.02. The van der Waals surface area contributed by atoms with Crippen LogP contribution < -0.4 is 5.56 Å². The fraction of sp³-hybridized carbons (Fsp3) is 0.278. The number of hydrogen-bond acceptors (Lipinski definition) is 5. The first kappa shape index (κ1) is 16.4. The molecule has 2 heterocycles. The van der Waals surface area contributed by atoms with Crippen LogP contribution in [-0.4, -0.2) is 22.5 Å². The van der Waals surface area contributed by atoms with Gasteiger partial charge in [0.15, 0.2) is 0 Å². The maximum absolute atomic E-state index is 12.4. The van der Waals surface area contributed by atoms with Crippen molar-refractivity contribution in [2.45, 2.75) is 27.2 Å². The molecule has 0 spiro atoms. The third-order valence-corrected chi connectivity index (χ3v) is 4.97. The van der Waals surface area contributed by atoms with Crippen LogP contribution in [0, 0.1) is 13.8 Å². The van der Waals surface area contributed by atoms with Gasteiger partial charge in [0.1, 0.15) is 15.5 Å². The number of benzene rings is 1. The van der Waals surface area contributed by atoms with Gasteiger partial charge in [0.25, 0.3) is 5.56 Å². The lowest BCUT2D eigenvalue weighted by Crippen LogP contribution is -2.12. The predicted octanol–water partition coefficient (Wildman–Crippen LogP) is 3.37. The number of carbonyl (C=O) groups is 1. The number of ether oxygens (including phenoxy) is 1. The van der Waals surface area contributed by atoms with Crippen molar-refractivity contribution in [3.63, 3.8) is 0 Å². The van der Waals surface area contributed by atoms with E-state index >= 15 is 0 Å².